The van der Waals surface area contributed by atoms with Gasteiger partial charge < -0.3 is 9.84 Å². The Balaban J connectivity index is 2.22. The largest absolute Gasteiger partial charge is 0.507 e. The minimum Gasteiger partial charge on any atom is -0.507 e. The first kappa shape index (κ1) is 12.2. The number of Topliss-reactive ketones (excluding diaryl/α,β-unsaturated/α-hetero) is 1. The number of ether oxygens (including phenoxy) is 1. The number of carbonyl (C=O) groups is 1. The molecule has 0 aliphatic carbocycles. The Bertz CT molecular complexity index is 547. The molecule has 0 saturated heterocycles. The maximum absolute atomic E-state index is 11.5. The fourth-order valence-corrected chi connectivity index (χ4v) is 1.63. The van der Waals surface area contributed by atoms with E-state index >= 15 is 0 Å². The molecule has 0 bridgehead atoms. The summed E-state index contributed by atoms with van der Waals surface area (Å²) in [5, 5.41) is 9.77. The van der Waals surface area contributed by atoms with E-state index in [1.807, 2.05) is 30.3 Å². The molecule has 2 aromatic carbocycles. The molecule has 0 aliphatic heterocycles. The minimum atomic E-state index is -0.0845. The van der Waals surface area contributed by atoms with Gasteiger partial charge in [-0.1, -0.05) is 25.1 Å². The molecule has 1 N–H and O–H groups in total. The Hall–Kier alpha value is -2.29. The van der Waals surface area contributed by atoms with Gasteiger partial charge in [-0.05, 0) is 24.3 Å². The number of carbonyl (C=O) groups excluding carboxylic acids is 1. The van der Waals surface area contributed by atoms with Gasteiger partial charge in [0, 0.05) is 12.5 Å². The maximum atomic E-state index is 11.5. The molecule has 0 fully saturated rings. The van der Waals surface area contributed by atoms with Crippen molar-refractivity contribution in [1.29, 1.82) is 0 Å². The van der Waals surface area contributed by atoms with E-state index in [1.54, 1.807) is 19.1 Å². The van der Waals surface area contributed by atoms with E-state index < -0.39 is 0 Å². The molecule has 0 saturated carbocycles. The van der Waals surface area contributed by atoms with Crippen LogP contribution >= 0.6 is 0 Å². The number of aromatic hydroxyl groups is 1. The third kappa shape index (κ3) is 2.69. The van der Waals surface area contributed by atoms with E-state index in [9.17, 15) is 9.90 Å². The summed E-state index contributed by atoms with van der Waals surface area (Å²) in [7, 11) is 0. The van der Waals surface area contributed by atoms with Crippen molar-refractivity contribution in [3.63, 3.8) is 0 Å². The molecular formula is C15H14O3. The smallest absolute Gasteiger partial charge is 0.166 e. The number of phenolic OH excluding ortho intramolecular Hbond substituents is 1. The first-order valence-corrected chi connectivity index (χ1v) is 5.80. The zero-order valence-corrected chi connectivity index (χ0v) is 10.1. The van der Waals surface area contributed by atoms with Gasteiger partial charge in [0.05, 0.1) is 5.56 Å². The number of para-hydroxylation sites is 1. The zero-order valence-electron chi connectivity index (χ0n) is 10.1. The predicted octanol–water partition coefficient (Wildman–Crippen LogP) is 3.78. The lowest BCUT2D eigenvalue weighted by atomic mass is 10.1. The van der Waals surface area contributed by atoms with Gasteiger partial charge in [-0.3, -0.25) is 4.79 Å². The highest BCUT2D eigenvalue weighted by Crippen LogP contribution is 2.28. The molecule has 92 valence electrons. The van der Waals surface area contributed by atoms with Gasteiger partial charge in [0.1, 0.15) is 17.2 Å². The van der Waals surface area contributed by atoms with Crippen molar-refractivity contribution in [2.45, 2.75) is 13.3 Å². The second-order valence-corrected chi connectivity index (χ2v) is 3.87. The molecule has 0 aliphatic rings. The summed E-state index contributed by atoms with van der Waals surface area (Å²) < 4.78 is 5.56. The molecule has 2 rings (SSSR count). The van der Waals surface area contributed by atoms with Crippen molar-refractivity contribution < 1.29 is 14.6 Å². The van der Waals surface area contributed by atoms with Crippen LogP contribution in [-0.2, 0) is 0 Å². The number of benzene rings is 2. The summed E-state index contributed by atoms with van der Waals surface area (Å²) in [6.45, 7) is 1.76. The molecule has 2 aromatic rings. The third-order valence-electron chi connectivity index (χ3n) is 2.57. The van der Waals surface area contributed by atoms with Crippen LogP contribution in [0, 0.1) is 0 Å². The zero-order chi connectivity index (χ0) is 13.0. The van der Waals surface area contributed by atoms with Crippen LogP contribution in [0.15, 0.2) is 48.5 Å². The normalized spacial score (nSPS) is 10.1. The van der Waals surface area contributed by atoms with Crippen molar-refractivity contribution >= 4 is 5.78 Å². The van der Waals surface area contributed by atoms with Crippen LogP contribution in [-0.4, -0.2) is 10.9 Å². The first-order chi connectivity index (χ1) is 8.70. The van der Waals surface area contributed by atoms with Crippen molar-refractivity contribution in [3.05, 3.63) is 54.1 Å². The Kier molecular flexibility index (Phi) is 3.63. The molecule has 0 aromatic heterocycles. The standard InChI is InChI=1S/C15H14O3/c1-2-14(16)13-9-8-12(10-15(13)17)18-11-6-4-3-5-7-11/h3-10,17H,2H2,1H3. The number of hydrogen-bond donors (Lipinski definition) is 1. The van der Waals surface area contributed by atoms with Crippen LogP contribution in [0.4, 0.5) is 0 Å². The molecule has 18 heavy (non-hydrogen) atoms. The highest BCUT2D eigenvalue weighted by Gasteiger charge is 2.10. The highest BCUT2D eigenvalue weighted by molar-refractivity contribution is 5.98. The highest BCUT2D eigenvalue weighted by atomic mass is 16.5. The predicted molar refractivity (Wildman–Crippen MR) is 69.2 cm³/mol. The molecule has 0 heterocycles. The summed E-state index contributed by atoms with van der Waals surface area (Å²) in [6.07, 6.45) is 0.368. The van der Waals surface area contributed by atoms with E-state index in [2.05, 4.69) is 0 Å². The molecule has 3 heteroatoms. The van der Waals surface area contributed by atoms with Crippen molar-refractivity contribution in [2.75, 3.05) is 0 Å². The van der Waals surface area contributed by atoms with Crippen molar-refractivity contribution in [1.82, 2.24) is 0 Å². The average molecular weight is 242 g/mol. The van der Waals surface area contributed by atoms with Crippen LogP contribution in [0.25, 0.3) is 0 Å². The second kappa shape index (κ2) is 5.36. The van der Waals surface area contributed by atoms with E-state index in [-0.39, 0.29) is 11.5 Å². The lowest BCUT2D eigenvalue weighted by molar-refractivity contribution is 0.0985. The SMILES string of the molecule is CCC(=O)c1ccc(Oc2ccccc2)cc1O. The Morgan fingerprint density at radius 2 is 1.83 bits per heavy atom. The summed E-state index contributed by atoms with van der Waals surface area (Å²) in [5.74, 6) is 1.06. The van der Waals surface area contributed by atoms with Crippen LogP contribution in [0.3, 0.4) is 0 Å². The van der Waals surface area contributed by atoms with Gasteiger partial charge in [0.2, 0.25) is 0 Å². The quantitative estimate of drug-likeness (QED) is 0.830. The van der Waals surface area contributed by atoms with Gasteiger partial charge in [-0.15, -0.1) is 0 Å². The Labute approximate surface area is 106 Å². The van der Waals surface area contributed by atoms with E-state index in [0.717, 1.165) is 0 Å². The van der Waals surface area contributed by atoms with Crippen LogP contribution in [0.1, 0.15) is 23.7 Å². The minimum absolute atomic E-state index is 0.0460. The maximum Gasteiger partial charge on any atom is 0.166 e. The number of hydrogen-bond acceptors (Lipinski definition) is 3. The van der Waals surface area contributed by atoms with E-state index in [0.29, 0.717) is 23.5 Å². The van der Waals surface area contributed by atoms with Crippen LogP contribution in [0.2, 0.25) is 0 Å². The molecule has 0 atom stereocenters. The third-order valence-corrected chi connectivity index (χ3v) is 2.57. The van der Waals surface area contributed by atoms with Crippen molar-refractivity contribution in [2.24, 2.45) is 0 Å². The number of ketones is 1. The van der Waals surface area contributed by atoms with Gasteiger partial charge in [0.15, 0.2) is 5.78 Å². The summed E-state index contributed by atoms with van der Waals surface area (Å²) in [4.78, 5) is 11.5. The Morgan fingerprint density at radius 1 is 1.11 bits per heavy atom. The number of phenols is 1. The van der Waals surface area contributed by atoms with Gasteiger partial charge in [-0.25, -0.2) is 0 Å². The molecule has 0 unspecified atom stereocenters. The van der Waals surface area contributed by atoms with Crippen LogP contribution < -0.4 is 4.74 Å². The molecule has 0 radical (unpaired) electrons. The fraction of sp³-hybridized carbons (Fsp3) is 0.133. The first-order valence-electron chi connectivity index (χ1n) is 5.80. The Morgan fingerprint density at radius 3 is 2.44 bits per heavy atom. The second-order valence-electron chi connectivity index (χ2n) is 3.87. The van der Waals surface area contributed by atoms with Gasteiger partial charge in [0.25, 0.3) is 0 Å². The lowest BCUT2D eigenvalue weighted by Crippen LogP contribution is -1.97. The monoisotopic (exact) mass is 242 g/mol. The molecule has 0 amide bonds. The van der Waals surface area contributed by atoms with Crippen molar-refractivity contribution in [3.8, 4) is 17.2 Å². The topological polar surface area (TPSA) is 46.5 Å². The summed E-state index contributed by atoms with van der Waals surface area (Å²) in [5.41, 5.74) is 0.331. The molecular weight excluding hydrogens is 228 g/mol. The van der Waals surface area contributed by atoms with E-state index in [1.165, 1.54) is 6.07 Å². The number of rotatable bonds is 4. The molecule has 3 nitrogen and oxygen atoms in total. The average Bonchev–Trinajstić information content (AvgIpc) is 2.39. The lowest BCUT2D eigenvalue weighted by Gasteiger charge is -2.07. The van der Waals surface area contributed by atoms with E-state index in [4.69, 9.17) is 4.74 Å². The summed E-state index contributed by atoms with van der Waals surface area (Å²) >= 11 is 0. The van der Waals surface area contributed by atoms with Gasteiger partial charge >= 0.3 is 0 Å². The molecule has 0 spiro atoms. The van der Waals surface area contributed by atoms with Gasteiger partial charge in [-0.2, -0.15) is 0 Å². The fourth-order valence-electron chi connectivity index (χ4n) is 1.63. The summed E-state index contributed by atoms with van der Waals surface area (Å²) in [6, 6.07) is 14.0. The van der Waals surface area contributed by atoms with Crippen LogP contribution in [0.5, 0.6) is 17.2 Å².